The van der Waals surface area contributed by atoms with Gasteiger partial charge in [0.2, 0.25) is 0 Å². The molecule has 0 spiro atoms. The third-order valence-corrected chi connectivity index (χ3v) is 3.65. The van der Waals surface area contributed by atoms with E-state index in [1.54, 1.807) is 6.20 Å². The summed E-state index contributed by atoms with van der Waals surface area (Å²) in [7, 11) is 0. The molecule has 1 aromatic carbocycles. The van der Waals surface area contributed by atoms with E-state index in [1.807, 2.05) is 30.5 Å². The molecule has 0 fully saturated rings. The van der Waals surface area contributed by atoms with E-state index in [0.717, 1.165) is 41.5 Å². The van der Waals surface area contributed by atoms with Gasteiger partial charge in [0, 0.05) is 24.4 Å². The lowest BCUT2D eigenvalue weighted by atomic mass is 10.2. The Morgan fingerprint density at radius 3 is 2.95 bits per heavy atom. The highest BCUT2D eigenvalue weighted by Crippen LogP contribution is 2.25. The van der Waals surface area contributed by atoms with Crippen LogP contribution in [0.5, 0.6) is 5.75 Å². The summed E-state index contributed by atoms with van der Waals surface area (Å²) in [5, 5.41) is 8.58. The summed E-state index contributed by atoms with van der Waals surface area (Å²) in [5.74, 6) is 2.73. The van der Waals surface area contributed by atoms with Crippen LogP contribution in [-0.2, 0) is 19.6 Å². The van der Waals surface area contributed by atoms with Crippen LogP contribution < -0.4 is 4.74 Å². The van der Waals surface area contributed by atoms with Crippen molar-refractivity contribution < 1.29 is 4.74 Å². The maximum Gasteiger partial charge on any atom is 0.171 e. The summed E-state index contributed by atoms with van der Waals surface area (Å²) >= 11 is 0. The first-order valence-electron chi connectivity index (χ1n) is 6.91. The molecule has 0 bridgehead atoms. The van der Waals surface area contributed by atoms with E-state index in [1.165, 1.54) is 0 Å². The lowest BCUT2D eigenvalue weighted by molar-refractivity contribution is 0.297. The normalized spacial score (nSPS) is 13.0. The fraction of sp³-hybridized carbons (Fsp3) is 0.188. The number of ether oxygens (including phenoxy) is 1. The van der Waals surface area contributed by atoms with Crippen molar-refractivity contribution in [2.75, 3.05) is 0 Å². The number of hydrogen-bond donors (Lipinski definition) is 0. The molecule has 5 heteroatoms. The molecule has 3 heterocycles. The highest BCUT2D eigenvalue weighted by Gasteiger charge is 2.18. The molecule has 0 aliphatic carbocycles. The number of hydrogen-bond acceptors (Lipinski definition) is 4. The van der Waals surface area contributed by atoms with Crippen molar-refractivity contribution in [1.82, 2.24) is 19.7 Å². The predicted molar refractivity (Wildman–Crippen MR) is 76.9 cm³/mol. The quantitative estimate of drug-likeness (QED) is 0.721. The Kier molecular flexibility index (Phi) is 2.88. The first-order chi connectivity index (χ1) is 10.4. The van der Waals surface area contributed by atoms with Crippen LogP contribution in [-0.4, -0.2) is 19.7 Å². The highest BCUT2D eigenvalue weighted by molar-refractivity contribution is 5.35. The summed E-state index contributed by atoms with van der Waals surface area (Å²) < 4.78 is 7.94. The van der Waals surface area contributed by atoms with E-state index < -0.39 is 0 Å². The van der Waals surface area contributed by atoms with Gasteiger partial charge in [-0.25, -0.2) is 0 Å². The zero-order chi connectivity index (χ0) is 14.1. The van der Waals surface area contributed by atoms with Crippen molar-refractivity contribution in [2.45, 2.75) is 19.6 Å². The van der Waals surface area contributed by atoms with Gasteiger partial charge in [-0.15, -0.1) is 10.2 Å². The smallest absolute Gasteiger partial charge is 0.171 e. The standard InChI is InChI=1S/C16H14N4O/c1-2-6-14-13(5-1)10-20-15(18-19-16(20)11-21-14)8-12-4-3-7-17-9-12/h1-7,9H,8,10-11H2. The van der Waals surface area contributed by atoms with Crippen LogP contribution in [0.25, 0.3) is 0 Å². The minimum Gasteiger partial charge on any atom is -0.485 e. The Labute approximate surface area is 122 Å². The first kappa shape index (κ1) is 12.1. The van der Waals surface area contributed by atoms with Crippen molar-refractivity contribution in [3.8, 4) is 5.75 Å². The van der Waals surface area contributed by atoms with Gasteiger partial charge in [0.05, 0.1) is 6.54 Å². The van der Waals surface area contributed by atoms with Crippen molar-refractivity contribution in [3.63, 3.8) is 0 Å². The van der Waals surface area contributed by atoms with Gasteiger partial charge in [-0.05, 0) is 17.7 Å². The Bertz CT molecular complexity index is 767. The molecule has 1 aliphatic rings. The van der Waals surface area contributed by atoms with E-state index >= 15 is 0 Å². The summed E-state index contributed by atoms with van der Waals surface area (Å²) in [4.78, 5) is 4.15. The molecule has 21 heavy (non-hydrogen) atoms. The molecule has 104 valence electrons. The first-order valence-corrected chi connectivity index (χ1v) is 6.91. The second-order valence-corrected chi connectivity index (χ2v) is 5.05. The minimum absolute atomic E-state index is 0.455. The molecule has 4 rings (SSSR count). The van der Waals surface area contributed by atoms with Gasteiger partial charge in [0.15, 0.2) is 5.82 Å². The van der Waals surface area contributed by atoms with Crippen molar-refractivity contribution in [3.05, 3.63) is 71.6 Å². The van der Waals surface area contributed by atoms with Gasteiger partial charge in [0.1, 0.15) is 18.2 Å². The maximum absolute atomic E-state index is 5.80. The van der Waals surface area contributed by atoms with Gasteiger partial charge < -0.3 is 9.30 Å². The number of fused-ring (bicyclic) bond motifs is 2. The molecule has 0 radical (unpaired) electrons. The number of aromatic nitrogens is 4. The Morgan fingerprint density at radius 1 is 1.10 bits per heavy atom. The second-order valence-electron chi connectivity index (χ2n) is 5.05. The molecule has 0 saturated carbocycles. The average Bonchev–Trinajstić information content (AvgIpc) is 2.80. The monoisotopic (exact) mass is 278 g/mol. The molecule has 3 aromatic rings. The minimum atomic E-state index is 0.455. The molecular formula is C16H14N4O. The van der Waals surface area contributed by atoms with Gasteiger partial charge >= 0.3 is 0 Å². The molecule has 5 nitrogen and oxygen atoms in total. The zero-order valence-electron chi connectivity index (χ0n) is 11.4. The van der Waals surface area contributed by atoms with Gasteiger partial charge in [-0.3, -0.25) is 4.98 Å². The van der Waals surface area contributed by atoms with Crippen LogP contribution in [0, 0.1) is 0 Å². The highest BCUT2D eigenvalue weighted by atomic mass is 16.5. The van der Waals surface area contributed by atoms with Crippen molar-refractivity contribution in [2.24, 2.45) is 0 Å². The number of benzene rings is 1. The second kappa shape index (κ2) is 5.01. The molecule has 0 atom stereocenters. The Morgan fingerprint density at radius 2 is 2.05 bits per heavy atom. The van der Waals surface area contributed by atoms with Crippen LogP contribution in [0.3, 0.4) is 0 Å². The molecule has 0 N–H and O–H groups in total. The van der Waals surface area contributed by atoms with E-state index in [4.69, 9.17) is 4.74 Å². The van der Waals surface area contributed by atoms with Crippen molar-refractivity contribution >= 4 is 0 Å². The number of rotatable bonds is 2. The summed E-state index contributed by atoms with van der Waals surface area (Å²) in [5.41, 5.74) is 2.29. The summed E-state index contributed by atoms with van der Waals surface area (Å²) in [6.07, 6.45) is 4.36. The SMILES string of the molecule is c1cncc(Cc2nnc3n2Cc2ccccc2OC3)c1. The molecule has 0 unspecified atom stereocenters. The van der Waals surface area contributed by atoms with Gasteiger partial charge in [-0.2, -0.15) is 0 Å². The molecular weight excluding hydrogens is 264 g/mol. The van der Waals surface area contributed by atoms with Gasteiger partial charge in [-0.1, -0.05) is 24.3 Å². The van der Waals surface area contributed by atoms with Crippen LogP contribution in [0.4, 0.5) is 0 Å². The molecule has 0 saturated heterocycles. The number of para-hydroxylation sites is 1. The molecule has 1 aliphatic heterocycles. The predicted octanol–water partition coefficient (Wildman–Crippen LogP) is 2.20. The molecule has 2 aromatic heterocycles. The fourth-order valence-electron chi connectivity index (χ4n) is 2.57. The van der Waals surface area contributed by atoms with Crippen molar-refractivity contribution in [1.29, 1.82) is 0 Å². The number of pyridine rings is 1. The third kappa shape index (κ3) is 2.27. The van der Waals surface area contributed by atoms with Crippen LogP contribution in [0.2, 0.25) is 0 Å². The lowest BCUT2D eigenvalue weighted by Crippen LogP contribution is -2.08. The zero-order valence-corrected chi connectivity index (χ0v) is 11.4. The summed E-state index contributed by atoms with van der Waals surface area (Å²) in [6, 6.07) is 12.1. The Balaban J connectivity index is 1.70. The van der Waals surface area contributed by atoms with Crippen LogP contribution in [0.1, 0.15) is 22.8 Å². The topological polar surface area (TPSA) is 52.8 Å². The van der Waals surface area contributed by atoms with E-state index in [9.17, 15) is 0 Å². The van der Waals surface area contributed by atoms with Crippen LogP contribution >= 0.6 is 0 Å². The third-order valence-electron chi connectivity index (χ3n) is 3.65. The fourth-order valence-corrected chi connectivity index (χ4v) is 2.57. The van der Waals surface area contributed by atoms with E-state index in [2.05, 4.69) is 31.9 Å². The lowest BCUT2D eigenvalue weighted by Gasteiger charge is -2.07. The van der Waals surface area contributed by atoms with Crippen LogP contribution in [0.15, 0.2) is 48.8 Å². The average molecular weight is 278 g/mol. The Hall–Kier alpha value is -2.69. The largest absolute Gasteiger partial charge is 0.485 e. The van der Waals surface area contributed by atoms with Gasteiger partial charge in [0.25, 0.3) is 0 Å². The number of nitrogens with zero attached hydrogens (tertiary/aromatic N) is 4. The van der Waals surface area contributed by atoms with E-state index in [0.29, 0.717) is 6.61 Å². The maximum atomic E-state index is 5.80. The molecule has 0 amide bonds. The van der Waals surface area contributed by atoms with E-state index in [-0.39, 0.29) is 0 Å². The summed E-state index contributed by atoms with van der Waals surface area (Å²) in [6.45, 7) is 1.20.